The summed E-state index contributed by atoms with van der Waals surface area (Å²) < 4.78 is 1.55. The Kier molecular flexibility index (Phi) is 4.98. The van der Waals surface area contributed by atoms with E-state index in [9.17, 15) is 9.59 Å². The fraction of sp³-hybridized carbons (Fsp3) is 0.174. The average Bonchev–Trinajstić information content (AvgIpc) is 3.53. The van der Waals surface area contributed by atoms with Gasteiger partial charge in [0.2, 0.25) is 0 Å². The molecule has 1 aliphatic carbocycles. The minimum atomic E-state index is -0.182. The highest BCUT2D eigenvalue weighted by atomic mass is 16.2. The van der Waals surface area contributed by atoms with E-state index in [4.69, 9.17) is 0 Å². The van der Waals surface area contributed by atoms with Crippen molar-refractivity contribution in [2.45, 2.75) is 18.9 Å². The van der Waals surface area contributed by atoms with Crippen LogP contribution in [0.1, 0.15) is 33.7 Å². The number of amides is 1. The van der Waals surface area contributed by atoms with Gasteiger partial charge >= 0.3 is 0 Å². The molecule has 32 heavy (non-hydrogen) atoms. The first-order valence-corrected chi connectivity index (χ1v) is 10.3. The molecule has 0 spiro atoms. The van der Waals surface area contributed by atoms with Gasteiger partial charge in [0.15, 0.2) is 23.4 Å². The van der Waals surface area contributed by atoms with Crippen molar-refractivity contribution in [3.63, 3.8) is 0 Å². The molecule has 0 atom stereocenters. The number of anilines is 3. The third-order valence-corrected chi connectivity index (χ3v) is 5.24. The van der Waals surface area contributed by atoms with E-state index in [1.807, 2.05) is 36.4 Å². The number of benzene rings is 1. The van der Waals surface area contributed by atoms with Crippen LogP contribution in [-0.2, 0) is 0 Å². The molecule has 1 fully saturated rings. The average molecular weight is 427 g/mol. The van der Waals surface area contributed by atoms with Gasteiger partial charge in [-0.3, -0.25) is 14.6 Å². The Bertz CT molecular complexity index is 1310. The first-order valence-electron chi connectivity index (χ1n) is 10.3. The van der Waals surface area contributed by atoms with Gasteiger partial charge in [-0.15, -0.1) is 5.10 Å². The molecule has 1 aliphatic rings. The van der Waals surface area contributed by atoms with E-state index in [1.54, 1.807) is 30.0 Å². The fourth-order valence-electron chi connectivity index (χ4n) is 3.41. The molecule has 1 amide bonds. The molecule has 0 unspecified atom stereocenters. The molecule has 5 rings (SSSR count). The maximum atomic E-state index is 12.6. The number of rotatable bonds is 7. The van der Waals surface area contributed by atoms with Crippen molar-refractivity contribution >= 4 is 35.0 Å². The minimum Gasteiger partial charge on any atom is -0.385 e. The quantitative estimate of drug-likeness (QED) is 0.388. The molecule has 3 N–H and O–H groups in total. The lowest BCUT2D eigenvalue weighted by molar-refractivity contribution is 0.0943. The monoisotopic (exact) mass is 427 g/mol. The summed E-state index contributed by atoms with van der Waals surface area (Å²) in [7, 11) is 1.80. The number of aldehydes is 1. The van der Waals surface area contributed by atoms with E-state index in [1.165, 1.54) is 0 Å². The van der Waals surface area contributed by atoms with Crippen molar-refractivity contribution < 1.29 is 9.59 Å². The third kappa shape index (κ3) is 3.87. The van der Waals surface area contributed by atoms with Gasteiger partial charge in [-0.2, -0.15) is 0 Å². The second-order valence-electron chi connectivity index (χ2n) is 7.62. The molecule has 9 heteroatoms. The summed E-state index contributed by atoms with van der Waals surface area (Å²) >= 11 is 0. The molecule has 4 aromatic rings. The standard InChI is InChI=1S/C23H21N7O2/c1-24-19-10-21(29-30-20(12-26-22(19)30)23(32)28-16-6-7-16)27-17-4-2-3-15(9-17)18-8-5-14(13-31)11-25-18/h2-5,8-13,16,24H,6-7H2,1H3,(H,27,29)(H,28,32). The van der Waals surface area contributed by atoms with Crippen molar-refractivity contribution in [3.05, 3.63) is 66.1 Å². The molecule has 1 aromatic carbocycles. The summed E-state index contributed by atoms with van der Waals surface area (Å²) in [6.45, 7) is 0. The van der Waals surface area contributed by atoms with Gasteiger partial charge in [0, 0.05) is 42.2 Å². The number of hydrogen-bond donors (Lipinski definition) is 3. The molecule has 160 valence electrons. The molecule has 9 nitrogen and oxygen atoms in total. The lowest BCUT2D eigenvalue weighted by atomic mass is 10.1. The smallest absolute Gasteiger partial charge is 0.271 e. The molecular weight excluding hydrogens is 406 g/mol. The van der Waals surface area contributed by atoms with Gasteiger partial charge in [-0.25, -0.2) is 9.50 Å². The van der Waals surface area contributed by atoms with E-state index < -0.39 is 0 Å². The second kappa shape index (κ2) is 8.10. The Morgan fingerprint density at radius 2 is 2.00 bits per heavy atom. The second-order valence-corrected chi connectivity index (χ2v) is 7.62. The summed E-state index contributed by atoms with van der Waals surface area (Å²) in [6.07, 6.45) is 5.87. The topological polar surface area (TPSA) is 113 Å². The van der Waals surface area contributed by atoms with Crippen LogP contribution in [0.25, 0.3) is 16.9 Å². The van der Waals surface area contributed by atoms with Crippen LogP contribution in [0, 0.1) is 0 Å². The van der Waals surface area contributed by atoms with Crippen LogP contribution in [0.15, 0.2) is 54.9 Å². The number of hydrogen-bond acceptors (Lipinski definition) is 7. The Labute approximate surface area is 183 Å². The maximum absolute atomic E-state index is 12.6. The maximum Gasteiger partial charge on any atom is 0.271 e. The highest BCUT2D eigenvalue weighted by molar-refractivity contribution is 5.94. The lowest BCUT2D eigenvalue weighted by Gasteiger charge is -2.11. The molecule has 0 saturated heterocycles. The molecule has 0 aliphatic heterocycles. The van der Waals surface area contributed by atoms with E-state index in [0.29, 0.717) is 22.7 Å². The molecule has 0 radical (unpaired) electrons. The number of aromatic nitrogens is 4. The Hall–Kier alpha value is -4.27. The number of nitrogens with zero attached hydrogens (tertiary/aromatic N) is 4. The van der Waals surface area contributed by atoms with Gasteiger partial charge in [0.25, 0.3) is 5.91 Å². The van der Waals surface area contributed by atoms with Gasteiger partial charge < -0.3 is 16.0 Å². The number of pyridine rings is 1. The van der Waals surface area contributed by atoms with Crippen LogP contribution in [0.5, 0.6) is 0 Å². The summed E-state index contributed by atoms with van der Waals surface area (Å²) in [4.78, 5) is 32.2. The first-order chi connectivity index (χ1) is 15.6. The summed E-state index contributed by atoms with van der Waals surface area (Å²) in [5.74, 6) is 0.375. The molecule has 3 heterocycles. The number of carbonyl (C=O) groups excluding carboxylic acids is 2. The van der Waals surface area contributed by atoms with Crippen LogP contribution in [0.4, 0.5) is 17.2 Å². The van der Waals surface area contributed by atoms with Crippen LogP contribution in [0.2, 0.25) is 0 Å². The molecule has 0 bridgehead atoms. The van der Waals surface area contributed by atoms with Gasteiger partial charge in [0.1, 0.15) is 0 Å². The van der Waals surface area contributed by atoms with Crippen molar-refractivity contribution in [3.8, 4) is 11.3 Å². The fourth-order valence-corrected chi connectivity index (χ4v) is 3.41. The first kappa shape index (κ1) is 19.7. The zero-order valence-corrected chi connectivity index (χ0v) is 17.4. The Balaban J connectivity index is 1.46. The van der Waals surface area contributed by atoms with Gasteiger partial charge in [0.05, 0.1) is 17.6 Å². The van der Waals surface area contributed by atoms with Crippen LogP contribution >= 0.6 is 0 Å². The molecule has 1 saturated carbocycles. The van der Waals surface area contributed by atoms with Crippen molar-refractivity contribution in [2.24, 2.45) is 0 Å². The highest BCUT2D eigenvalue weighted by Gasteiger charge is 2.26. The largest absolute Gasteiger partial charge is 0.385 e. The predicted molar refractivity (Wildman–Crippen MR) is 121 cm³/mol. The number of carbonyl (C=O) groups is 2. The zero-order chi connectivity index (χ0) is 22.1. The third-order valence-electron chi connectivity index (χ3n) is 5.24. The number of imidazole rings is 1. The predicted octanol–water partition coefficient (Wildman–Crippen LogP) is 3.28. The number of nitrogens with one attached hydrogen (secondary N) is 3. The van der Waals surface area contributed by atoms with Crippen LogP contribution < -0.4 is 16.0 Å². The van der Waals surface area contributed by atoms with E-state index >= 15 is 0 Å². The van der Waals surface area contributed by atoms with Crippen LogP contribution in [0.3, 0.4) is 0 Å². The summed E-state index contributed by atoms with van der Waals surface area (Å²) in [5, 5.41) is 14.0. The summed E-state index contributed by atoms with van der Waals surface area (Å²) in [6, 6.07) is 13.4. The van der Waals surface area contributed by atoms with E-state index in [0.717, 1.165) is 41.8 Å². The molecular formula is C23H21N7O2. The minimum absolute atomic E-state index is 0.182. The highest BCUT2D eigenvalue weighted by Crippen LogP contribution is 2.26. The normalized spacial score (nSPS) is 13.0. The Morgan fingerprint density at radius 3 is 2.72 bits per heavy atom. The SMILES string of the molecule is CNc1cc(Nc2cccc(-c3ccc(C=O)cn3)c2)nn2c(C(=O)NC3CC3)cnc12. The van der Waals surface area contributed by atoms with E-state index in [2.05, 4.69) is 31.0 Å². The Morgan fingerprint density at radius 1 is 1.12 bits per heavy atom. The number of fused-ring (bicyclic) bond motifs is 1. The molecule has 3 aromatic heterocycles. The van der Waals surface area contributed by atoms with Crippen LogP contribution in [-0.4, -0.2) is 44.9 Å². The van der Waals surface area contributed by atoms with Crippen molar-refractivity contribution in [1.29, 1.82) is 0 Å². The lowest BCUT2D eigenvalue weighted by Crippen LogP contribution is -2.27. The van der Waals surface area contributed by atoms with Gasteiger partial charge in [-0.1, -0.05) is 12.1 Å². The zero-order valence-electron chi connectivity index (χ0n) is 17.4. The van der Waals surface area contributed by atoms with Crippen molar-refractivity contribution in [1.82, 2.24) is 24.9 Å². The van der Waals surface area contributed by atoms with Gasteiger partial charge in [-0.05, 0) is 37.1 Å². The summed E-state index contributed by atoms with van der Waals surface area (Å²) in [5.41, 5.74) is 4.70. The van der Waals surface area contributed by atoms with Crippen molar-refractivity contribution in [2.75, 3.05) is 17.7 Å². The van der Waals surface area contributed by atoms with E-state index in [-0.39, 0.29) is 11.9 Å².